The molecule has 0 bridgehead atoms. The molecule has 0 aliphatic rings. The van der Waals surface area contributed by atoms with E-state index in [4.69, 9.17) is 0 Å². The Bertz CT molecular complexity index is 1330. The fraction of sp³-hybridized carbons (Fsp3) is 0.0833. The first kappa shape index (κ1) is 20.7. The smallest absolute Gasteiger partial charge is 0.337 e. The Morgan fingerprint density at radius 2 is 1.07 bits per heavy atom. The number of carboxylic acid groups (broad SMARTS) is 2. The Hall–Kier alpha value is -4.06. The molecule has 30 heavy (non-hydrogen) atoms. The van der Waals surface area contributed by atoms with Gasteiger partial charge in [0.25, 0.3) is 0 Å². The van der Waals surface area contributed by atoms with Gasteiger partial charge in [-0.1, -0.05) is 37.4 Å². The van der Waals surface area contributed by atoms with Gasteiger partial charge in [0.15, 0.2) is 11.6 Å². The summed E-state index contributed by atoms with van der Waals surface area (Å²) in [6.07, 6.45) is 0. The Kier molecular flexibility index (Phi) is 5.10. The number of carbonyl (C=O) groups is 4. The van der Waals surface area contributed by atoms with Crippen molar-refractivity contribution >= 4 is 45.0 Å². The summed E-state index contributed by atoms with van der Waals surface area (Å²) < 4.78 is 0. The fourth-order valence-corrected chi connectivity index (χ4v) is 3.50. The predicted octanol–water partition coefficient (Wildman–Crippen LogP) is 4.91. The van der Waals surface area contributed by atoms with Gasteiger partial charge in [-0.2, -0.15) is 0 Å². The van der Waals surface area contributed by atoms with Crippen LogP contribution in [0.5, 0.6) is 0 Å². The molecule has 0 unspecified atom stereocenters. The zero-order chi connectivity index (χ0) is 22.3. The summed E-state index contributed by atoms with van der Waals surface area (Å²) in [5.74, 6) is -4.59. The van der Waals surface area contributed by atoms with Gasteiger partial charge in [0.05, 0.1) is 11.1 Å². The van der Waals surface area contributed by atoms with Gasteiger partial charge in [0.1, 0.15) is 0 Å². The summed E-state index contributed by atoms with van der Waals surface area (Å²) in [7, 11) is 0. The van der Waals surface area contributed by atoms with E-state index in [0.29, 0.717) is 10.8 Å². The van der Waals surface area contributed by atoms with Crippen molar-refractivity contribution in [2.75, 3.05) is 0 Å². The standard InChI is InChI=1S/C24H18O6/c1-11(2)21(25)17-15-9-13-7-5-6-8-14(13)10-16(15)18(23(27)28)20(24(29)30)19(17)22(26)12(3)4/h5-10H,1,3H2,2,4H3,(H,27,28)(H,29,30). The van der Waals surface area contributed by atoms with Crippen molar-refractivity contribution in [3.8, 4) is 0 Å². The summed E-state index contributed by atoms with van der Waals surface area (Å²) >= 11 is 0. The number of fused-ring (bicyclic) bond motifs is 2. The fourth-order valence-electron chi connectivity index (χ4n) is 3.50. The quantitative estimate of drug-likeness (QED) is 0.345. The van der Waals surface area contributed by atoms with E-state index in [2.05, 4.69) is 13.2 Å². The van der Waals surface area contributed by atoms with Gasteiger partial charge in [-0.25, -0.2) is 9.59 Å². The van der Waals surface area contributed by atoms with Gasteiger partial charge in [-0.3, -0.25) is 9.59 Å². The second-order valence-electron chi connectivity index (χ2n) is 7.07. The molecule has 3 aromatic rings. The van der Waals surface area contributed by atoms with Crippen LogP contribution in [0.4, 0.5) is 0 Å². The summed E-state index contributed by atoms with van der Waals surface area (Å²) in [6.45, 7) is 10.00. The van der Waals surface area contributed by atoms with Crippen molar-refractivity contribution in [3.05, 3.63) is 83.0 Å². The highest BCUT2D eigenvalue weighted by Crippen LogP contribution is 2.36. The van der Waals surface area contributed by atoms with Gasteiger partial charge in [0.2, 0.25) is 0 Å². The molecule has 0 spiro atoms. The maximum atomic E-state index is 13.1. The molecule has 0 saturated heterocycles. The van der Waals surface area contributed by atoms with Crippen LogP contribution in [0.3, 0.4) is 0 Å². The van der Waals surface area contributed by atoms with E-state index in [0.717, 1.165) is 0 Å². The van der Waals surface area contributed by atoms with Gasteiger partial charge in [-0.15, -0.1) is 0 Å². The number of aromatic carboxylic acids is 2. The number of allylic oxidation sites excluding steroid dienone is 2. The van der Waals surface area contributed by atoms with Crippen LogP contribution in [0.2, 0.25) is 0 Å². The van der Waals surface area contributed by atoms with E-state index >= 15 is 0 Å². The van der Waals surface area contributed by atoms with Crippen LogP contribution in [-0.4, -0.2) is 33.7 Å². The van der Waals surface area contributed by atoms with Crippen molar-refractivity contribution < 1.29 is 29.4 Å². The predicted molar refractivity (Wildman–Crippen MR) is 114 cm³/mol. The first-order valence-electron chi connectivity index (χ1n) is 8.95. The molecule has 0 aromatic heterocycles. The maximum absolute atomic E-state index is 13.1. The molecule has 3 aromatic carbocycles. The van der Waals surface area contributed by atoms with Gasteiger partial charge >= 0.3 is 11.9 Å². The molecule has 2 N–H and O–H groups in total. The Labute approximate surface area is 171 Å². The molecular weight excluding hydrogens is 384 g/mol. The Morgan fingerprint density at radius 3 is 1.47 bits per heavy atom. The van der Waals surface area contributed by atoms with E-state index in [1.54, 1.807) is 30.3 Å². The largest absolute Gasteiger partial charge is 0.478 e. The molecule has 0 aliphatic heterocycles. The summed E-state index contributed by atoms with van der Waals surface area (Å²) in [4.78, 5) is 50.3. The van der Waals surface area contributed by atoms with Crippen molar-refractivity contribution in [3.63, 3.8) is 0 Å². The lowest BCUT2D eigenvalue weighted by Gasteiger charge is -2.18. The van der Waals surface area contributed by atoms with E-state index < -0.39 is 40.2 Å². The lowest BCUT2D eigenvalue weighted by molar-refractivity contribution is 0.0651. The molecule has 0 radical (unpaired) electrons. The molecule has 3 rings (SSSR count). The second-order valence-corrected chi connectivity index (χ2v) is 7.07. The minimum Gasteiger partial charge on any atom is -0.478 e. The van der Waals surface area contributed by atoms with E-state index in [1.165, 1.54) is 19.9 Å². The van der Waals surface area contributed by atoms with Crippen LogP contribution in [0, 0.1) is 0 Å². The van der Waals surface area contributed by atoms with Crippen LogP contribution in [-0.2, 0) is 0 Å². The molecular formula is C24H18O6. The van der Waals surface area contributed by atoms with E-state index in [1.807, 2.05) is 0 Å². The number of Topliss-reactive ketones (excluding diaryl/α,β-unsaturated/α-hetero) is 2. The number of carbonyl (C=O) groups excluding carboxylic acids is 2. The molecule has 0 atom stereocenters. The van der Waals surface area contributed by atoms with Crippen molar-refractivity contribution in [2.24, 2.45) is 0 Å². The van der Waals surface area contributed by atoms with Crippen molar-refractivity contribution in [1.82, 2.24) is 0 Å². The highest BCUT2D eigenvalue weighted by atomic mass is 16.4. The summed E-state index contributed by atoms with van der Waals surface area (Å²) in [5.41, 5.74) is -1.89. The number of hydrogen-bond acceptors (Lipinski definition) is 4. The lowest BCUT2D eigenvalue weighted by atomic mass is 9.82. The third-order valence-electron chi connectivity index (χ3n) is 4.83. The topological polar surface area (TPSA) is 109 Å². The number of carboxylic acids is 2. The zero-order valence-corrected chi connectivity index (χ0v) is 16.4. The average molecular weight is 402 g/mol. The third kappa shape index (κ3) is 3.18. The van der Waals surface area contributed by atoms with Crippen LogP contribution in [0.25, 0.3) is 21.5 Å². The highest BCUT2D eigenvalue weighted by molar-refractivity contribution is 6.31. The van der Waals surface area contributed by atoms with Gasteiger partial charge in [-0.05, 0) is 58.7 Å². The molecule has 0 saturated carbocycles. The van der Waals surface area contributed by atoms with E-state index in [-0.39, 0.29) is 27.5 Å². The maximum Gasteiger partial charge on any atom is 0.337 e. The average Bonchev–Trinajstić information content (AvgIpc) is 2.68. The van der Waals surface area contributed by atoms with Crippen LogP contribution >= 0.6 is 0 Å². The van der Waals surface area contributed by atoms with Gasteiger partial charge < -0.3 is 10.2 Å². The first-order valence-corrected chi connectivity index (χ1v) is 8.95. The molecule has 0 amide bonds. The Morgan fingerprint density at radius 1 is 0.667 bits per heavy atom. The lowest BCUT2D eigenvalue weighted by Crippen LogP contribution is -2.21. The number of hydrogen-bond donors (Lipinski definition) is 2. The van der Waals surface area contributed by atoms with E-state index in [9.17, 15) is 29.4 Å². The molecule has 150 valence electrons. The monoisotopic (exact) mass is 402 g/mol. The molecule has 0 fully saturated rings. The molecule has 0 heterocycles. The Balaban J connectivity index is 2.76. The first-order chi connectivity index (χ1) is 14.1. The highest BCUT2D eigenvalue weighted by Gasteiger charge is 2.33. The molecule has 0 aliphatic carbocycles. The minimum atomic E-state index is -1.62. The van der Waals surface area contributed by atoms with Crippen LogP contribution in [0.1, 0.15) is 55.3 Å². The SMILES string of the molecule is C=C(C)C(=O)c1c(C(=O)O)c(C(=O)O)c2cc3ccccc3cc2c1C(=O)C(=C)C. The second kappa shape index (κ2) is 7.40. The normalized spacial score (nSPS) is 10.7. The van der Waals surface area contributed by atoms with Crippen molar-refractivity contribution in [2.45, 2.75) is 13.8 Å². The van der Waals surface area contributed by atoms with Crippen LogP contribution in [0.15, 0.2) is 60.7 Å². The molecule has 6 nitrogen and oxygen atoms in total. The van der Waals surface area contributed by atoms with Crippen LogP contribution < -0.4 is 0 Å². The number of benzene rings is 3. The number of ketones is 2. The molecule has 6 heteroatoms. The summed E-state index contributed by atoms with van der Waals surface area (Å²) in [5, 5.41) is 21.3. The van der Waals surface area contributed by atoms with Crippen molar-refractivity contribution in [1.29, 1.82) is 0 Å². The van der Waals surface area contributed by atoms with Gasteiger partial charge in [0, 0.05) is 11.1 Å². The minimum absolute atomic E-state index is 0.0234. The summed E-state index contributed by atoms with van der Waals surface area (Å²) in [6, 6.07) is 10.2. The number of rotatable bonds is 6. The third-order valence-corrected chi connectivity index (χ3v) is 4.83. The zero-order valence-electron chi connectivity index (χ0n) is 16.4.